The molecule has 0 aliphatic carbocycles. The first-order valence-electron chi connectivity index (χ1n) is 6.21. The topological polar surface area (TPSA) is 63.8 Å². The monoisotopic (exact) mass is 306 g/mol. The Bertz CT molecular complexity index is 845. The van der Waals surface area contributed by atoms with E-state index in [1.807, 2.05) is 13.8 Å². The van der Waals surface area contributed by atoms with Crippen molar-refractivity contribution in [2.45, 2.75) is 13.8 Å². The van der Waals surface area contributed by atoms with E-state index in [0.29, 0.717) is 10.6 Å². The number of nitrogens with one attached hydrogen (secondary N) is 1. The number of aromatic nitrogens is 2. The van der Waals surface area contributed by atoms with Crippen LogP contribution in [0.2, 0.25) is 0 Å². The van der Waals surface area contributed by atoms with Gasteiger partial charge in [-0.3, -0.25) is 0 Å². The molecule has 0 unspecified atom stereocenters. The second-order valence-electron chi connectivity index (χ2n) is 4.63. The third kappa shape index (κ3) is 2.24. The number of nitrogen functional groups attached to an aromatic ring is 1. The van der Waals surface area contributed by atoms with Crippen molar-refractivity contribution < 1.29 is 8.78 Å². The molecule has 21 heavy (non-hydrogen) atoms. The summed E-state index contributed by atoms with van der Waals surface area (Å²) in [5.74, 6) is 4.77. The third-order valence-corrected chi connectivity index (χ3v) is 4.44. The number of rotatable bonds is 2. The van der Waals surface area contributed by atoms with Gasteiger partial charge in [-0.05, 0) is 31.5 Å². The number of aryl methyl sites for hydroxylation is 2. The normalized spacial score (nSPS) is 11.1. The van der Waals surface area contributed by atoms with Gasteiger partial charge in [-0.25, -0.2) is 24.6 Å². The molecule has 7 heteroatoms. The van der Waals surface area contributed by atoms with Crippen molar-refractivity contribution >= 4 is 27.4 Å². The Labute approximate surface area is 123 Å². The van der Waals surface area contributed by atoms with Gasteiger partial charge in [0, 0.05) is 10.9 Å². The highest BCUT2D eigenvalue weighted by Crippen LogP contribution is 2.35. The highest BCUT2D eigenvalue weighted by atomic mass is 32.1. The lowest BCUT2D eigenvalue weighted by molar-refractivity contribution is 0.585. The van der Waals surface area contributed by atoms with Crippen LogP contribution in [-0.2, 0) is 0 Å². The molecule has 0 aliphatic rings. The zero-order chi connectivity index (χ0) is 15.1. The van der Waals surface area contributed by atoms with Crippen molar-refractivity contribution in [1.29, 1.82) is 0 Å². The van der Waals surface area contributed by atoms with Crippen LogP contribution in [0.15, 0.2) is 18.2 Å². The number of halogens is 2. The molecular formula is C14H12F2N4S. The lowest BCUT2D eigenvalue weighted by Crippen LogP contribution is -2.10. The maximum atomic E-state index is 13.9. The second-order valence-corrected chi connectivity index (χ2v) is 5.83. The fourth-order valence-electron chi connectivity index (χ4n) is 2.15. The molecule has 4 nitrogen and oxygen atoms in total. The number of hydrogen-bond acceptors (Lipinski definition) is 5. The van der Waals surface area contributed by atoms with Crippen LogP contribution < -0.4 is 11.3 Å². The zero-order valence-corrected chi connectivity index (χ0v) is 12.2. The number of thiophene rings is 1. The molecule has 108 valence electrons. The average Bonchev–Trinajstić information content (AvgIpc) is 2.73. The summed E-state index contributed by atoms with van der Waals surface area (Å²) in [5.41, 5.74) is 3.70. The molecule has 1 aromatic carbocycles. The van der Waals surface area contributed by atoms with Gasteiger partial charge in [0.05, 0.1) is 10.9 Å². The molecule has 0 atom stereocenters. The Morgan fingerprint density at radius 2 is 1.95 bits per heavy atom. The molecule has 0 amide bonds. The van der Waals surface area contributed by atoms with E-state index in [4.69, 9.17) is 5.84 Å². The zero-order valence-electron chi connectivity index (χ0n) is 11.4. The van der Waals surface area contributed by atoms with Gasteiger partial charge in [-0.15, -0.1) is 11.3 Å². The number of nitrogens with zero attached hydrogens (tertiary/aromatic N) is 2. The Morgan fingerprint density at radius 3 is 2.62 bits per heavy atom. The van der Waals surface area contributed by atoms with Crippen LogP contribution in [-0.4, -0.2) is 9.97 Å². The second kappa shape index (κ2) is 5.01. The molecule has 3 rings (SSSR count). The van der Waals surface area contributed by atoms with Gasteiger partial charge >= 0.3 is 0 Å². The van der Waals surface area contributed by atoms with Crippen molar-refractivity contribution in [3.05, 3.63) is 40.3 Å². The molecule has 0 saturated carbocycles. The van der Waals surface area contributed by atoms with E-state index in [9.17, 15) is 8.78 Å². The van der Waals surface area contributed by atoms with Crippen LogP contribution in [0, 0.1) is 25.5 Å². The lowest BCUT2D eigenvalue weighted by Gasteiger charge is -2.07. The van der Waals surface area contributed by atoms with Gasteiger partial charge in [-0.1, -0.05) is 0 Å². The molecule has 3 N–H and O–H groups in total. The summed E-state index contributed by atoms with van der Waals surface area (Å²) in [6.45, 7) is 3.93. The standard InChI is InChI=1S/C14H12F2N4S/c1-6-7(2)21-14-11(6)13(20-17)18-12(19-14)9-4-3-8(15)5-10(9)16/h3-5H,17H2,1-2H3,(H,18,19,20). The first-order chi connectivity index (χ1) is 10.0. The van der Waals surface area contributed by atoms with Gasteiger partial charge in [0.25, 0.3) is 0 Å². The molecule has 0 saturated heterocycles. The van der Waals surface area contributed by atoms with Crippen molar-refractivity contribution in [2.75, 3.05) is 5.43 Å². The number of anilines is 1. The van der Waals surface area contributed by atoms with E-state index in [2.05, 4.69) is 15.4 Å². The fraction of sp³-hybridized carbons (Fsp3) is 0.143. The first-order valence-corrected chi connectivity index (χ1v) is 7.02. The van der Waals surface area contributed by atoms with Crippen molar-refractivity contribution in [2.24, 2.45) is 5.84 Å². The summed E-state index contributed by atoms with van der Waals surface area (Å²) in [6, 6.07) is 3.30. The van der Waals surface area contributed by atoms with Crippen LogP contribution in [0.1, 0.15) is 10.4 Å². The van der Waals surface area contributed by atoms with E-state index >= 15 is 0 Å². The molecule has 0 spiro atoms. The Hall–Kier alpha value is -2.12. The van der Waals surface area contributed by atoms with Crippen LogP contribution in [0.25, 0.3) is 21.6 Å². The quantitative estimate of drug-likeness (QED) is 0.561. The largest absolute Gasteiger partial charge is 0.308 e. The van der Waals surface area contributed by atoms with E-state index in [1.54, 1.807) is 0 Å². The maximum Gasteiger partial charge on any atom is 0.166 e. The molecule has 0 bridgehead atoms. The van der Waals surface area contributed by atoms with Gasteiger partial charge in [0.1, 0.15) is 16.5 Å². The van der Waals surface area contributed by atoms with E-state index in [-0.39, 0.29) is 11.4 Å². The van der Waals surface area contributed by atoms with Crippen LogP contribution in [0.4, 0.5) is 14.6 Å². The van der Waals surface area contributed by atoms with E-state index < -0.39 is 11.6 Å². The number of benzene rings is 1. The van der Waals surface area contributed by atoms with Crippen LogP contribution in [0.3, 0.4) is 0 Å². The van der Waals surface area contributed by atoms with E-state index in [0.717, 1.165) is 21.9 Å². The molecule has 2 aromatic heterocycles. The van der Waals surface area contributed by atoms with Gasteiger partial charge < -0.3 is 5.43 Å². The first kappa shape index (κ1) is 13.8. The summed E-state index contributed by atoms with van der Waals surface area (Å²) in [5, 5.41) is 0.825. The fourth-order valence-corrected chi connectivity index (χ4v) is 3.17. The lowest BCUT2D eigenvalue weighted by atomic mass is 10.1. The Morgan fingerprint density at radius 1 is 1.19 bits per heavy atom. The summed E-state index contributed by atoms with van der Waals surface area (Å²) in [7, 11) is 0. The van der Waals surface area contributed by atoms with Crippen LogP contribution >= 0.6 is 11.3 Å². The van der Waals surface area contributed by atoms with E-state index in [1.165, 1.54) is 23.5 Å². The molecule has 0 aliphatic heterocycles. The summed E-state index contributed by atoms with van der Waals surface area (Å²) in [6.07, 6.45) is 0. The third-order valence-electron chi connectivity index (χ3n) is 3.34. The van der Waals surface area contributed by atoms with Gasteiger partial charge in [0.15, 0.2) is 11.6 Å². The molecular weight excluding hydrogens is 294 g/mol. The summed E-state index contributed by atoms with van der Waals surface area (Å²) < 4.78 is 26.9. The smallest absolute Gasteiger partial charge is 0.166 e. The minimum absolute atomic E-state index is 0.138. The van der Waals surface area contributed by atoms with Gasteiger partial charge in [0.2, 0.25) is 0 Å². The maximum absolute atomic E-state index is 13.9. The Balaban J connectivity index is 2.29. The highest BCUT2D eigenvalue weighted by Gasteiger charge is 2.17. The molecule has 3 aromatic rings. The minimum atomic E-state index is -0.706. The number of fused-ring (bicyclic) bond motifs is 1. The Kier molecular flexibility index (Phi) is 3.30. The van der Waals surface area contributed by atoms with Crippen molar-refractivity contribution in [3.8, 4) is 11.4 Å². The SMILES string of the molecule is Cc1sc2nc(-c3ccc(F)cc3F)nc(NN)c2c1C. The number of hydrazine groups is 1. The summed E-state index contributed by atoms with van der Waals surface area (Å²) in [4.78, 5) is 10.4. The van der Waals surface area contributed by atoms with Gasteiger partial charge in [-0.2, -0.15) is 0 Å². The van der Waals surface area contributed by atoms with Crippen molar-refractivity contribution in [1.82, 2.24) is 9.97 Å². The minimum Gasteiger partial charge on any atom is -0.308 e. The summed E-state index contributed by atoms with van der Waals surface area (Å²) >= 11 is 1.48. The molecule has 0 radical (unpaired) electrons. The predicted octanol–water partition coefficient (Wildman–Crippen LogP) is 3.54. The molecule has 2 heterocycles. The average molecular weight is 306 g/mol. The van der Waals surface area contributed by atoms with Crippen molar-refractivity contribution in [3.63, 3.8) is 0 Å². The number of hydrogen-bond donors (Lipinski definition) is 2. The van der Waals surface area contributed by atoms with Crippen LogP contribution in [0.5, 0.6) is 0 Å². The highest BCUT2D eigenvalue weighted by molar-refractivity contribution is 7.18. The molecule has 0 fully saturated rings. The number of nitrogens with two attached hydrogens (primary N) is 1. The predicted molar refractivity (Wildman–Crippen MR) is 80.1 cm³/mol.